The standard InChI is InChI=1S/C17H13N3O5/c21-14(18-9-11-5-2-1-3-6-11)10-19-16(22)12-7-4-8-13(20(24)25)15(12)17(19)23/h1-8H,9-10H2,(H,18,21). The Labute approximate surface area is 142 Å². The van der Waals surface area contributed by atoms with Crippen molar-refractivity contribution in [3.8, 4) is 0 Å². The monoisotopic (exact) mass is 339 g/mol. The second-order valence-corrected chi connectivity index (χ2v) is 5.42. The molecule has 0 spiro atoms. The number of carbonyl (C=O) groups excluding carboxylic acids is 3. The summed E-state index contributed by atoms with van der Waals surface area (Å²) in [5.41, 5.74) is 0.0975. The number of amides is 3. The van der Waals surface area contributed by atoms with Gasteiger partial charge in [-0.15, -0.1) is 0 Å². The summed E-state index contributed by atoms with van der Waals surface area (Å²) in [7, 11) is 0. The van der Waals surface area contributed by atoms with Crippen LogP contribution in [0.15, 0.2) is 48.5 Å². The van der Waals surface area contributed by atoms with E-state index in [-0.39, 0.29) is 17.7 Å². The molecule has 2 aromatic rings. The molecular formula is C17H13N3O5. The van der Waals surface area contributed by atoms with Gasteiger partial charge in [0.25, 0.3) is 17.5 Å². The number of imide groups is 1. The minimum absolute atomic E-state index is 0.0601. The van der Waals surface area contributed by atoms with Crippen LogP contribution in [0.3, 0.4) is 0 Å². The minimum atomic E-state index is -0.831. The van der Waals surface area contributed by atoms with Crippen molar-refractivity contribution < 1.29 is 19.3 Å². The number of hydrogen-bond acceptors (Lipinski definition) is 5. The van der Waals surface area contributed by atoms with Gasteiger partial charge in [0, 0.05) is 12.6 Å². The van der Waals surface area contributed by atoms with E-state index < -0.39 is 34.9 Å². The van der Waals surface area contributed by atoms with Crippen molar-refractivity contribution in [2.75, 3.05) is 6.54 Å². The average Bonchev–Trinajstić information content (AvgIpc) is 2.86. The zero-order chi connectivity index (χ0) is 18.0. The van der Waals surface area contributed by atoms with E-state index in [4.69, 9.17) is 0 Å². The molecule has 8 nitrogen and oxygen atoms in total. The van der Waals surface area contributed by atoms with E-state index >= 15 is 0 Å². The third kappa shape index (κ3) is 3.09. The fraction of sp³-hybridized carbons (Fsp3) is 0.118. The van der Waals surface area contributed by atoms with Gasteiger partial charge in [-0.2, -0.15) is 0 Å². The second-order valence-electron chi connectivity index (χ2n) is 5.42. The summed E-state index contributed by atoms with van der Waals surface area (Å²) in [4.78, 5) is 47.7. The van der Waals surface area contributed by atoms with Crippen molar-refractivity contribution in [3.63, 3.8) is 0 Å². The van der Waals surface area contributed by atoms with Crippen molar-refractivity contribution in [2.24, 2.45) is 0 Å². The first-order chi connectivity index (χ1) is 12.0. The Bertz CT molecular complexity index is 879. The van der Waals surface area contributed by atoms with Crippen LogP contribution in [0.5, 0.6) is 0 Å². The lowest BCUT2D eigenvalue weighted by Gasteiger charge is -2.13. The Hall–Kier alpha value is -3.55. The highest BCUT2D eigenvalue weighted by Crippen LogP contribution is 2.30. The van der Waals surface area contributed by atoms with Gasteiger partial charge in [0.2, 0.25) is 5.91 Å². The van der Waals surface area contributed by atoms with Crippen LogP contribution in [0.1, 0.15) is 26.3 Å². The first-order valence-corrected chi connectivity index (χ1v) is 7.43. The average molecular weight is 339 g/mol. The van der Waals surface area contributed by atoms with Crippen LogP contribution >= 0.6 is 0 Å². The van der Waals surface area contributed by atoms with Crippen molar-refractivity contribution in [2.45, 2.75) is 6.54 Å². The topological polar surface area (TPSA) is 110 Å². The molecule has 126 valence electrons. The number of nitrogens with zero attached hydrogens (tertiary/aromatic N) is 2. The van der Waals surface area contributed by atoms with Crippen molar-refractivity contribution in [1.29, 1.82) is 0 Å². The largest absolute Gasteiger partial charge is 0.350 e. The zero-order valence-electron chi connectivity index (χ0n) is 13.0. The lowest BCUT2D eigenvalue weighted by Crippen LogP contribution is -2.40. The highest BCUT2D eigenvalue weighted by molar-refractivity contribution is 6.24. The Balaban J connectivity index is 1.73. The summed E-state index contributed by atoms with van der Waals surface area (Å²) < 4.78 is 0. The number of fused-ring (bicyclic) bond motifs is 1. The van der Waals surface area contributed by atoms with Crippen LogP contribution in [0, 0.1) is 10.1 Å². The van der Waals surface area contributed by atoms with Gasteiger partial charge >= 0.3 is 0 Å². The van der Waals surface area contributed by atoms with Crippen LogP contribution in [0.2, 0.25) is 0 Å². The van der Waals surface area contributed by atoms with E-state index in [1.54, 1.807) is 0 Å². The molecule has 0 aromatic heterocycles. The van der Waals surface area contributed by atoms with E-state index in [0.29, 0.717) is 0 Å². The molecule has 8 heteroatoms. The molecule has 2 aromatic carbocycles. The van der Waals surface area contributed by atoms with Crippen LogP contribution in [-0.2, 0) is 11.3 Å². The Morgan fingerprint density at radius 3 is 2.44 bits per heavy atom. The Kier molecular flexibility index (Phi) is 4.25. The molecule has 25 heavy (non-hydrogen) atoms. The Morgan fingerprint density at radius 1 is 1.04 bits per heavy atom. The molecule has 0 bridgehead atoms. The number of nitrogens with one attached hydrogen (secondary N) is 1. The van der Waals surface area contributed by atoms with Crippen LogP contribution < -0.4 is 5.32 Å². The van der Waals surface area contributed by atoms with Crippen LogP contribution in [-0.4, -0.2) is 34.1 Å². The number of benzene rings is 2. The number of hydrogen-bond donors (Lipinski definition) is 1. The normalized spacial score (nSPS) is 12.9. The van der Waals surface area contributed by atoms with Gasteiger partial charge in [-0.3, -0.25) is 29.4 Å². The maximum absolute atomic E-state index is 12.4. The molecule has 1 aliphatic rings. The molecule has 0 aliphatic carbocycles. The highest BCUT2D eigenvalue weighted by Gasteiger charge is 2.41. The van der Waals surface area contributed by atoms with Gasteiger partial charge in [0.15, 0.2) is 0 Å². The molecule has 0 saturated heterocycles. The minimum Gasteiger partial charge on any atom is -0.350 e. The molecule has 0 unspecified atom stereocenters. The van der Waals surface area contributed by atoms with Gasteiger partial charge in [0.05, 0.1) is 10.5 Å². The molecule has 0 fully saturated rings. The predicted molar refractivity (Wildman–Crippen MR) is 86.8 cm³/mol. The molecule has 1 N–H and O–H groups in total. The van der Waals surface area contributed by atoms with Crippen molar-refractivity contribution in [1.82, 2.24) is 10.2 Å². The van der Waals surface area contributed by atoms with Gasteiger partial charge in [-0.25, -0.2) is 0 Å². The molecule has 0 atom stereocenters. The van der Waals surface area contributed by atoms with Crippen LogP contribution in [0.4, 0.5) is 5.69 Å². The number of carbonyl (C=O) groups is 3. The SMILES string of the molecule is O=C(CN1C(=O)c2cccc([N+](=O)[O-])c2C1=O)NCc1ccccc1. The second kappa shape index (κ2) is 6.52. The fourth-order valence-electron chi connectivity index (χ4n) is 2.61. The maximum Gasteiger partial charge on any atom is 0.282 e. The Morgan fingerprint density at radius 2 is 1.76 bits per heavy atom. The molecule has 0 radical (unpaired) electrons. The summed E-state index contributed by atoms with van der Waals surface area (Å²) in [6.07, 6.45) is 0. The zero-order valence-corrected chi connectivity index (χ0v) is 13.0. The summed E-state index contributed by atoms with van der Waals surface area (Å²) in [6.45, 7) is -0.237. The smallest absolute Gasteiger partial charge is 0.282 e. The summed E-state index contributed by atoms with van der Waals surface area (Å²) in [5.74, 6) is -2.07. The molecule has 0 saturated carbocycles. The van der Waals surface area contributed by atoms with Gasteiger partial charge in [0.1, 0.15) is 12.1 Å². The lowest BCUT2D eigenvalue weighted by atomic mass is 10.1. The molecule has 1 heterocycles. The number of nitro groups is 1. The van der Waals surface area contributed by atoms with E-state index in [1.807, 2.05) is 30.3 Å². The van der Waals surface area contributed by atoms with E-state index in [0.717, 1.165) is 16.5 Å². The highest BCUT2D eigenvalue weighted by atomic mass is 16.6. The van der Waals surface area contributed by atoms with E-state index in [2.05, 4.69) is 5.32 Å². The quantitative estimate of drug-likeness (QED) is 0.504. The third-order valence-electron chi connectivity index (χ3n) is 3.81. The van der Waals surface area contributed by atoms with E-state index in [1.165, 1.54) is 12.1 Å². The third-order valence-corrected chi connectivity index (χ3v) is 3.81. The summed E-state index contributed by atoms with van der Waals surface area (Å²) >= 11 is 0. The lowest BCUT2D eigenvalue weighted by molar-refractivity contribution is -0.385. The molecule has 1 aliphatic heterocycles. The van der Waals surface area contributed by atoms with Crippen LogP contribution in [0.25, 0.3) is 0 Å². The summed E-state index contributed by atoms with van der Waals surface area (Å²) in [5, 5.41) is 13.7. The molecular weight excluding hydrogens is 326 g/mol. The molecule has 3 amide bonds. The maximum atomic E-state index is 12.4. The van der Waals surface area contributed by atoms with Crippen molar-refractivity contribution >= 4 is 23.4 Å². The van der Waals surface area contributed by atoms with Crippen molar-refractivity contribution in [3.05, 3.63) is 75.3 Å². The molecule has 3 rings (SSSR count). The fourth-order valence-corrected chi connectivity index (χ4v) is 2.61. The first-order valence-electron chi connectivity index (χ1n) is 7.43. The number of nitro benzene ring substituents is 1. The van der Waals surface area contributed by atoms with Gasteiger partial charge in [-0.1, -0.05) is 36.4 Å². The number of rotatable bonds is 5. The van der Waals surface area contributed by atoms with Gasteiger partial charge in [-0.05, 0) is 11.6 Å². The van der Waals surface area contributed by atoms with E-state index in [9.17, 15) is 24.5 Å². The predicted octanol–water partition coefficient (Wildman–Crippen LogP) is 1.51. The first kappa shape index (κ1) is 16.3. The van der Waals surface area contributed by atoms with Gasteiger partial charge < -0.3 is 5.32 Å². The summed E-state index contributed by atoms with van der Waals surface area (Å²) in [6, 6.07) is 13.0.